The van der Waals surface area contributed by atoms with Gasteiger partial charge in [0.15, 0.2) is 0 Å². The normalized spacial score (nSPS) is 30.8. The topological polar surface area (TPSA) is 63.1 Å². The molecule has 4 atom stereocenters. The molecule has 0 spiro atoms. The number of oxime groups is 1. The molecule has 28 heavy (non-hydrogen) atoms. The summed E-state index contributed by atoms with van der Waals surface area (Å²) in [5.74, 6) is 1.87. The summed E-state index contributed by atoms with van der Waals surface area (Å²) in [6.45, 7) is 2.22. The number of nitrogens with zero attached hydrogens (tertiary/aromatic N) is 1. The van der Waals surface area contributed by atoms with Crippen molar-refractivity contribution in [1.82, 2.24) is 5.32 Å². The van der Waals surface area contributed by atoms with Crippen molar-refractivity contribution in [1.29, 1.82) is 0 Å². The van der Waals surface area contributed by atoms with E-state index in [1.54, 1.807) is 14.2 Å². The summed E-state index contributed by atoms with van der Waals surface area (Å²) in [4.78, 5) is 0. The molecule has 2 aromatic carbocycles. The van der Waals surface area contributed by atoms with Gasteiger partial charge in [-0.05, 0) is 48.2 Å². The third-order valence-corrected chi connectivity index (χ3v) is 6.57. The van der Waals surface area contributed by atoms with Crippen molar-refractivity contribution in [2.24, 2.45) is 16.5 Å². The summed E-state index contributed by atoms with van der Waals surface area (Å²) >= 11 is 0. The van der Waals surface area contributed by atoms with Crippen LogP contribution in [-0.4, -0.2) is 25.1 Å². The largest absolute Gasteiger partial charge is 0.497 e. The average Bonchev–Trinajstić information content (AvgIpc) is 2.74. The molecule has 0 aromatic heterocycles. The van der Waals surface area contributed by atoms with E-state index in [-0.39, 0.29) is 23.4 Å². The number of fused-ring (bicyclic) bond motifs is 2. The second kappa shape index (κ2) is 7.47. The molecule has 2 aromatic rings. The lowest BCUT2D eigenvalue weighted by Crippen LogP contribution is -2.56. The molecule has 0 amide bonds. The number of ether oxygens (including phenoxy) is 2. The minimum atomic E-state index is -0.213. The number of rotatable bonds is 4. The number of nitrogens with one attached hydrogen (secondary N) is 1. The second-order valence-corrected chi connectivity index (χ2v) is 8.03. The van der Waals surface area contributed by atoms with Crippen molar-refractivity contribution in [2.45, 2.75) is 38.3 Å². The Balaban J connectivity index is 1.76. The van der Waals surface area contributed by atoms with Crippen LogP contribution in [-0.2, 0) is 0 Å². The fourth-order valence-electron chi connectivity index (χ4n) is 5.06. The molecular weight excluding hydrogens is 352 g/mol. The average molecular weight is 380 g/mol. The lowest BCUT2D eigenvalue weighted by molar-refractivity contribution is 0.147. The van der Waals surface area contributed by atoms with Crippen LogP contribution in [0.1, 0.15) is 49.4 Å². The van der Waals surface area contributed by atoms with Gasteiger partial charge in [0.25, 0.3) is 0 Å². The van der Waals surface area contributed by atoms with E-state index in [9.17, 15) is 5.21 Å². The predicted octanol–water partition coefficient (Wildman–Crippen LogP) is 4.73. The summed E-state index contributed by atoms with van der Waals surface area (Å²) < 4.78 is 10.6. The van der Waals surface area contributed by atoms with Crippen LogP contribution in [0.4, 0.5) is 0 Å². The Morgan fingerprint density at radius 1 is 0.964 bits per heavy atom. The van der Waals surface area contributed by atoms with E-state index in [4.69, 9.17) is 9.47 Å². The van der Waals surface area contributed by atoms with E-state index >= 15 is 0 Å². The molecule has 5 nitrogen and oxygen atoms in total. The Labute approximate surface area is 166 Å². The van der Waals surface area contributed by atoms with Crippen molar-refractivity contribution in [3.8, 4) is 11.5 Å². The van der Waals surface area contributed by atoms with Crippen LogP contribution in [0.2, 0.25) is 0 Å². The van der Waals surface area contributed by atoms with Gasteiger partial charge in [0.1, 0.15) is 11.5 Å². The van der Waals surface area contributed by atoms with Gasteiger partial charge in [-0.25, -0.2) is 0 Å². The summed E-state index contributed by atoms with van der Waals surface area (Å²) in [7, 11) is 3.35. The first kappa shape index (κ1) is 18.8. The minimum Gasteiger partial charge on any atom is -0.497 e. The van der Waals surface area contributed by atoms with Crippen LogP contribution in [0.3, 0.4) is 0 Å². The Hall–Kier alpha value is -2.53. The maximum absolute atomic E-state index is 9.98. The molecule has 2 bridgehead atoms. The van der Waals surface area contributed by atoms with Crippen LogP contribution in [0.25, 0.3) is 0 Å². The quantitative estimate of drug-likeness (QED) is 0.595. The molecule has 1 aliphatic heterocycles. The Morgan fingerprint density at radius 2 is 1.54 bits per heavy atom. The highest BCUT2D eigenvalue weighted by molar-refractivity contribution is 5.94. The van der Waals surface area contributed by atoms with Gasteiger partial charge in [0, 0.05) is 23.4 Å². The van der Waals surface area contributed by atoms with Crippen LogP contribution in [0, 0.1) is 11.3 Å². The van der Waals surface area contributed by atoms with Gasteiger partial charge in [-0.1, -0.05) is 42.8 Å². The SMILES string of the molecule is COc1ccc(C2NC(c3ccc(OC)cc3)C3(C)CCCC2/C3=N\O)cc1. The van der Waals surface area contributed by atoms with Gasteiger partial charge in [0.05, 0.1) is 19.9 Å². The summed E-state index contributed by atoms with van der Waals surface area (Å²) in [5.41, 5.74) is 3.08. The first-order valence-corrected chi connectivity index (χ1v) is 9.87. The van der Waals surface area contributed by atoms with Crippen molar-refractivity contribution < 1.29 is 14.7 Å². The zero-order valence-corrected chi connectivity index (χ0v) is 16.7. The number of hydrogen-bond acceptors (Lipinski definition) is 5. The Bertz CT molecular complexity index is 847. The second-order valence-electron chi connectivity index (χ2n) is 8.03. The number of methoxy groups -OCH3 is 2. The predicted molar refractivity (Wildman–Crippen MR) is 109 cm³/mol. The van der Waals surface area contributed by atoms with E-state index in [1.165, 1.54) is 11.1 Å². The van der Waals surface area contributed by atoms with E-state index < -0.39 is 0 Å². The van der Waals surface area contributed by atoms with E-state index in [0.717, 1.165) is 36.5 Å². The first-order chi connectivity index (χ1) is 13.6. The van der Waals surface area contributed by atoms with Gasteiger partial charge >= 0.3 is 0 Å². The van der Waals surface area contributed by atoms with Crippen molar-refractivity contribution in [2.75, 3.05) is 14.2 Å². The zero-order chi connectivity index (χ0) is 19.7. The highest BCUT2D eigenvalue weighted by Crippen LogP contribution is 2.53. The molecular formula is C23H28N2O3. The molecule has 2 aliphatic rings. The molecule has 0 radical (unpaired) electrons. The van der Waals surface area contributed by atoms with E-state index in [1.807, 2.05) is 24.3 Å². The number of piperidine rings is 1. The Kier molecular flexibility index (Phi) is 5.02. The van der Waals surface area contributed by atoms with Crippen molar-refractivity contribution in [3.63, 3.8) is 0 Å². The molecule has 2 fully saturated rings. The summed E-state index contributed by atoms with van der Waals surface area (Å²) in [6.07, 6.45) is 3.15. The van der Waals surface area contributed by atoms with E-state index in [0.29, 0.717) is 0 Å². The molecule has 4 unspecified atom stereocenters. The van der Waals surface area contributed by atoms with Crippen LogP contribution >= 0.6 is 0 Å². The number of hydrogen-bond donors (Lipinski definition) is 2. The minimum absolute atomic E-state index is 0.0629. The third kappa shape index (κ3) is 3.04. The van der Waals surface area contributed by atoms with Gasteiger partial charge in [-0.15, -0.1) is 0 Å². The molecule has 2 N–H and O–H groups in total. The van der Waals surface area contributed by atoms with Gasteiger partial charge < -0.3 is 20.0 Å². The maximum atomic E-state index is 9.98. The highest BCUT2D eigenvalue weighted by Gasteiger charge is 2.52. The summed E-state index contributed by atoms with van der Waals surface area (Å²) in [5, 5.41) is 17.7. The fraction of sp³-hybridized carbons (Fsp3) is 0.435. The standard InChI is InChI=1S/C23H28N2O3/c1-23-14-4-5-19(22(23)25-26)20(15-6-10-17(27-2)11-7-15)24-21(23)16-8-12-18(28-3)13-9-16/h6-13,19-21,24,26H,4-5,14H2,1-3H3/b25-22+. The number of benzene rings is 2. The zero-order valence-electron chi connectivity index (χ0n) is 16.7. The lowest BCUT2D eigenvalue weighted by atomic mass is 9.58. The lowest BCUT2D eigenvalue weighted by Gasteiger charge is -2.53. The van der Waals surface area contributed by atoms with Gasteiger partial charge in [-0.2, -0.15) is 0 Å². The monoisotopic (exact) mass is 380 g/mol. The third-order valence-electron chi connectivity index (χ3n) is 6.57. The molecule has 1 saturated carbocycles. The van der Waals surface area contributed by atoms with Gasteiger partial charge in [0.2, 0.25) is 0 Å². The van der Waals surface area contributed by atoms with Crippen molar-refractivity contribution >= 4 is 5.71 Å². The molecule has 5 heteroatoms. The van der Waals surface area contributed by atoms with Crippen LogP contribution in [0.15, 0.2) is 53.7 Å². The summed E-state index contributed by atoms with van der Waals surface area (Å²) in [6, 6.07) is 16.6. The first-order valence-electron chi connectivity index (χ1n) is 9.87. The smallest absolute Gasteiger partial charge is 0.118 e. The van der Waals surface area contributed by atoms with Gasteiger partial charge in [-0.3, -0.25) is 0 Å². The highest BCUT2D eigenvalue weighted by atomic mass is 16.5. The van der Waals surface area contributed by atoms with Crippen molar-refractivity contribution in [3.05, 3.63) is 59.7 Å². The fourth-order valence-corrected chi connectivity index (χ4v) is 5.06. The molecule has 1 aliphatic carbocycles. The van der Waals surface area contributed by atoms with E-state index in [2.05, 4.69) is 41.7 Å². The Morgan fingerprint density at radius 3 is 2.07 bits per heavy atom. The maximum Gasteiger partial charge on any atom is 0.118 e. The molecule has 1 saturated heterocycles. The van der Waals surface area contributed by atoms with Crippen LogP contribution < -0.4 is 14.8 Å². The molecule has 148 valence electrons. The molecule has 4 rings (SSSR count). The molecule has 1 heterocycles. The van der Waals surface area contributed by atoms with Crippen LogP contribution in [0.5, 0.6) is 11.5 Å².